The van der Waals surface area contributed by atoms with E-state index < -0.39 is 27.9 Å². The summed E-state index contributed by atoms with van der Waals surface area (Å²) < 4.78 is 24.1. The summed E-state index contributed by atoms with van der Waals surface area (Å²) in [6.07, 6.45) is 0.0661. The van der Waals surface area contributed by atoms with E-state index in [1.54, 1.807) is 21.9 Å². The number of carboxylic acids is 1. The van der Waals surface area contributed by atoms with Crippen molar-refractivity contribution in [2.24, 2.45) is 0 Å². The van der Waals surface area contributed by atoms with Gasteiger partial charge in [0.2, 0.25) is 5.91 Å². The molecule has 8 nitrogen and oxygen atoms in total. The van der Waals surface area contributed by atoms with E-state index in [4.69, 9.17) is 5.11 Å². The number of carbonyl (C=O) groups is 2. The number of aromatic hydroxyl groups is 1. The van der Waals surface area contributed by atoms with E-state index >= 15 is 0 Å². The highest BCUT2D eigenvalue weighted by molar-refractivity contribution is 7.91. The van der Waals surface area contributed by atoms with Crippen LogP contribution in [0.25, 0.3) is 0 Å². The van der Waals surface area contributed by atoms with Crippen LogP contribution in [0.1, 0.15) is 5.56 Å². The summed E-state index contributed by atoms with van der Waals surface area (Å²) in [4.78, 5) is 26.9. The molecule has 1 aromatic carbocycles. The Kier molecular flexibility index (Phi) is 4.70. The molecule has 0 unspecified atom stereocenters. The molecule has 3 rings (SSSR count). The van der Waals surface area contributed by atoms with Crippen LogP contribution in [0.3, 0.4) is 0 Å². The van der Waals surface area contributed by atoms with Crippen molar-refractivity contribution in [1.29, 1.82) is 0 Å². The molecule has 2 aliphatic rings. The lowest BCUT2D eigenvalue weighted by molar-refractivity contribution is -0.142. The number of aliphatic carboxylic acids is 1. The molecular weight excluding hydrogens is 348 g/mol. The maximum absolute atomic E-state index is 12.7. The molecule has 0 saturated carbocycles. The van der Waals surface area contributed by atoms with E-state index in [9.17, 15) is 23.1 Å². The van der Waals surface area contributed by atoms with Crippen LogP contribution in [0.4, 0.5) is 0 Å². The van der Waals surface area contributed by atoms with Crippen LogP contribution in [0.5, 0.6) is 5.75 Å². The first kappa shape index (κ1) is 17.7. The molecule has 2 saturated heterocycles. The van der Waals surface area contributed by atoms with Gasteiger partial charge in [-0.15, -0.1) is 0 Å². The van der Waals surface area contributed by atoms with Crippen molar-refractivity contribution in [1.82, 2.24) is 9.80 Å². The minimum atomic E-state index is -3.31. The Labute approximate surface area is 145 Å². The van der Waals surface area contributed by atoms with E-state index in [1.807, 2.05) is 0 Å². The first-order valence-corrected chi connectivity index (χ1v) is 9.81. The Morgan fingerprint density at radius 3 is 2.56 bits per heavy atom. The molecule has 2 N–H and O–H groups in total. The number of sulfone groups is 1. The highest BCUT2D eigenvalue weighted by Gasteiger charge is 2.48. The Morgan fingerprint density at radius 1 is 1.16 bits per heavy atom. The van der Waals surface area contributed by atoms with Gasteiger partial charge in [-0.05, 0) is 17.7 Å². The molecule has 9 heteroatoms. The Hall–Kier alpha value is -2.13. The SMILES string of the molecule is O=C(O)CN1CCN(C(=O)Cc2cccc(O)c2)[C@H]2CS(=O)(=O)C[C@H]21. The van der Waals surface area contributed by atoms with Crippen molar-refractivity contribution < 1.29 is 28.2 Å². The van der Waals surface area contributed by atoms with Crippen LogP contribution in [-0.2, 0) is 25.8 Å². The Morgan fingerprint density at radius 2 is 1.88 bits per heavy atom. The molecule has 0 spiro atoms. The van der Waals surface area contributed by atoms with Gasteiger partial charge in [0.25, 0.3) is 0 Å². The minimum Gasteiger partial charge on any atom is -0.508 e. The molecule has 2 heterocycles. The molecule has 1 amide bonds. The number of phenolic OH excluding ortho intramolecular Hbond substituents is 1. The van der Waals surface area contributed by atoms with Crippen molar-refractivity contribution >= 4 is 21.7 Å². The zero-order valence-electron chi connectivity index (χ0n) is 13.5. The van der Waals surface area contributed by atoms with Crippen molar-refractivity contribution in [3.63, 3.8) is 0 Å². The summed E-state index contributed by atoms with van der Waals surface area (Å²) in [6.45, 7) is 0.391. The van der Waals surface area contributed by atoms with Crippen LogP contribution in [0.15, 0.2) is 24.3 Å². The van der Waals surface area contributed by atoms with Crippen molar-refractivity contribution in [2.75, 3.05) is 31.1 Å². The molecule has 1 aromatic rings. The van der Waals surface area contributed by atoms with Crippen LogP contribution in [0, 0.1) is 0 Å². The topological polar surface area (TPSA) is 115 Å². The van der Waals surface area contributed by atoms with E-state index in [2.05, 4.69) is 0 Å². The zero-order valence-corrected chi connectivity index (χ0v) is 14.4. The maximum atomic E-state index is 12.7. The fourth-order valence-corrected chi connectivity index (χ4v) is 5.66. The molecule has 2 atom stereocenters. The number of amides is 1. The number of benzene rings is 1. The average Bonchev–Trinajstić information content (AvgIpc) is 2.82. The zero-order chi connectivity index (χ0) is 18.2. The lowest BCUT2D eigenvalue weighted by atomic mass is 10.0. The third-order valence-electron chi connectivity index (χ3n) is 4.72. The summed E-state index contributed by atoms with van der Waals surface area (Å²) in [5, 5.41) is 18.5. The fraction of sp³-hybridized carbons (Fsp3) is 0.500. The number of carbonyl (C=O) groups excluding carboxylic acids is 1. The molecular formula is C16H20N2O6S. The predicted molar refractivity (Wildman–Crippen MR) is 89.0 cm³/mol. The van der Waals surface area contributed by atoms with Gasteiger partial charge in [0, 0.05) is 19.1 Å². The first-order valence-electron chi connectivity index (χ1n) is 7.99. The monoisotopic (exact) mass is 368 g/mol. The van der Waals surface area contributed by atoms with E-state index in [0.29, 0.717) is 18.7 Å². The third kappa shape index (κ3) is 3.93. The summed E-state index contributed by atoms with van der Waals surface area (Å²) in [7, 11) is -3.31. The van der Waals surface area contributed by atoms with Gasteiger partial charge in [0.05, 0.1) is 30.5 Å². The van der Waals surface area contributed by atoms with Gasteiger partial charge in [0.1, 0.15) is 5.75 Å². The molecule has 0 aliphatic carbocycles. The van der Waals surface area contributed by atoms with Crippen LogP contribution in [-0.4, -0.2) is 83.5 Å². The standard InChI is InChI=1S/C16H20N2O6S/c19-12-3-1-2-11(6-12)7-15(20)18-5-4-17(8-16(21)22)13-9-25(23,24)10-14(13)18/h1-3,6,13-14,19H,4-5,7-10H2,(H,21,22)/t13-,14+/m1/s1. The average molecular weight is 368 g/mol. The number of hydrogen-bond acceptors (Lipinski definition) is 6. The fourth-order valence-electron chi connectivity index (χ4n) is 3.65. The number of phenols is 1. The first-order chi connectivity index (χ1) is 11.7. The number of hydrogen-bond donors (Lipinski definition) is 2. The third-order valence-corrected chi connectivity index (χ3v) is 6.41. The van der Waals surface area contributed by atoms with Gasteiger partial charge in [-0.1, -0.05) is 12.1 Å². The molecule has 136 valence electrons. The largest absolute Gasteiger partial charge is 0.508 e. The second-order valence-electron chi connectivity index (χ2n) is 6.51. The normalized spacial score (nSPS) is 25.5. The van der Waals surface area contributed by atoms with Crippen molar-refractivity contribution in [2.45, 2.75) is 18.5 Å². The van der Waals surface area contributed by atoms with Crippen LogP contribution in [0.2, 0.25) is 0 Å². The molecule has 0 bridgehead atoms. The van der Waals surface area contributed by atoms with E-state index in [1.165, 1.54) is 12.1 Å². The quantitative estimate of drug-likeness (QED) is 0.724. The predicted octanol–water partition coefficient (Wildman–Crippen LogP) is -0.671. The molecule has 0 radical (unpaired) electrons. The minimum absolute atomic E-state index is 0.0661. The van der Waals surface area contributed by atoms with Crippen molar-refractivity contribution in [3.8, 4) is 5.75 Å². The molecule has 2 aliphatic heterocycles. The lowest BCUT2D eigenvalue weighted by Crippen LogP contribution is -2.61. The smallest absolute Gasteiger partial charge is 0.317 e. The second kappa shape index (κ2) is 6.64. The highest BCUT2D eigenvalue weighted by Crippen LogP contribution is 2.27. The van der Waals surface area contributed by atoms with Gasteiger partial charge in [-0.25, -0.2) is 8.42 Å². The maximum Gasteiger partial charge on any atom is 0.317 e. The summed E-state index contributed by atoms with van der Waals surface area (Å²) in [6, 6.07) is 5.37. The number of fused-ring (bicyclic) bond motifs is 1. The van der Waals surface area contributed by atoms with Gasteiger partial charge in [-0.2, -0.15) is 0 Å². The molecule has 0 aromatic heterocycles. The van der Waals surface area contributed by atoms with Gasteiger partial charge >= 0.3 is 5.97 Å². The number of carboxylic acid groups (broad SMARTS) is 1. The lowest BCUT2D eigenvalue weighted by Gasteiger charge is -2.43. The highest BCUT2D eigenvalue weighted by atomic mass is 32.2. The van der Waals surface area contributed by atoms with Crippen molar-refractivity contribution in [3.05, 3.63) is 29.8 Å². The molecule has 25 heavy (non-hydrogen) atoms. The van der Waals surface area contributed by atoms with Gasteiger partial charge < -0.3 is 15.1 Å². The Bertz CT molecular complexity index is 794. The second-order valence-corrected chi connectivity index (χ2v) is 8.66. The van der Waals surface area contributed by atoms with E-state index in [0.717, 1.165) is 0 Å². The van der Waals surface area contributed by atoms with Crippen LogP contribution < -0.4 is 0 Å². The van der Waals surface area contributed by atoms with Crippen LogP contribution >= 0.6 is 0 Å². The van der Waals surface area contributed by atoms with Gasteiger partial charge in [-0.3, -0.25) is 14.5 Å². The molecule has 2 fully saturated rings. The van der Waals surface area contributed by atoms with Gasteiger partial charge in [0.15, 0.2) is 9.84 Å². The summed E-state index contributed by atoms with van der Waals surface area (Å²) >= 11 is 0. The van der Waals surface area contributed by atoms with E-state index in [-0.39, 0.29) is 36.1 Å². The number of nitrogens with zero attached hydrogens (tertiary/aromatic N) is 2. The summed E-state index contributed by atoms with van der Waals surface area (Å²) in [5.41, 5.74) is 0.648. The Balaban J connectivity index is 1.78. The summed E-state index contributed by atoms with van der Waals surface area (Å²) in [5.74, 6) is -1.42. The number of rotatable bonds is 4. The number of piperazine rings is 1.